The molecule has 0 aliphatic heterocycles. The van der Waals surface area contributed by atoms with E-state index in [9.17, 15) is 10.2 Å². The van der Waals surface area contributed by atoms with Gasteiger partial charge in [-0.05, 0) is 80.3 Å². The van der Waals surface area contributed by atoms with Gasteiger partial charge in [-0.2, -0.15) is 0 Å². The van der Waals surface area contributed by atoms with Crippen molar-refractivity contribution in [2.45, 2.75) is 51.2 Å². The fourth-order valence-corrected chi connectivity index (χ4v) is 5.10. The van der Waals surface area contributed by atoms with Crippen molar-refractivity contribution in [3.8, 4) is 5.75 Å². The SMILES string of the molecule is Cc1cc(OC[C@@H]2[C@H]3CC[C@H](c4ccc(CO)o4)C[C@H]3C[C@H]2O)ccc1Cl. The van der Waals surface area contributed by atoms with Crippen LogP contribution >= 0.6 is 11.6 Å². The largest absolute Gasteiger partial charge is 0.493 e. The van der Waals surface area contributed by atoms with Gasteiger partial charge in [0.1, 0.15) is 23.9 Å². The molecule has 146 valence electrons. The molecule has 1 aromatic heterocycles. The monoisotopic (exact) mass is 390 g/mol. The first-order valence-corrected chi connectivity index (χ1v) is 10.2. The third-order valence-electron chi connectivity index (χ3n) is 6.44. The van der Waals surface area contributed by atoms with Gasteiger partial charge in [-0.15, -0.1) is 0 Å². The molecule has 0 radical (unpaired) electrons. The van der Waals surface area contributed by atoms with Gasteiger partial charge < -0.3 is 19.4 Å². The molecule has 0 spiro atoms. The topological polar surface area (TPSA) is 62.8 Å². The van der Waals surface area contributed by atoms with Gasteiger partial charge in [-0.3, -0.25) is 0 Å². The maximum atomic E-state index is 10.6. The van der Waals surface area contributed by atoms with E-state index in [4.69, 9.17) is 20.8 Å². The summed E-state index contributed by atoms with van der Waals surface area (Å²) < 4.78 is 11.8. The third kappa shape index (κ3) is 3.89. The zero-order valence-electron chi connectivity index (χ0n) is 15.6. The second-order valence-corrected chi connectivity index (χ2v) is 8.49. The zero-order valence-corrected chi connectivity index (χ0v) is 16.4. The van der Waals surface area contributed by atoms with Gasteiger partial charge in [-0.1, -0.05) is 11.6 Å². The summed E-state index contributed by atoms with van der Waals surface area (Å²) in [7, 11) is 0. The van der Waals surface area contributed by atoms with Crippen LogP contribution in [0.1, 0.15) is 48.7 Å². The number of benzene rings is 1. The number of furan rings is 1. The van der Waals surface area contributed by atoms with Crippen molar-refractivity contribution in [2.75, 3.05) is 6.61 Å². The number of ether oxygens (including phenoxy) is 1. The lowest BCUT2D eigenvalue weighted by Crippen LogP contribution is -2.29. The molecule has 2 aliphatic rings. The minimum absolute atomic E-state index is 0.0545. The fraction of sp³-hybridized carbons (Fsp3) is 0.545. The van der Waals surface area contributed by atoms with E-state index in [1.807, 2.05) is 37.3 Å². The number of aliphatic hydroxyl groups excluding tert-OH is 2. The molecular formula is C22H27ClO4. The Morgan fingerprint density at radius 2 is 2.04 bits per heavy atom. The smallest absolute Gasteiger partial charge is 0.129 e. The minimum Gasteiger partial charge on any atom is -0.493 e. The molecule has 2 aliphatic carbocycles. The summed E-state index contributed by atoms with van der Waals surface area (Å²) in [5, 5.41) is 20.6. The van der Waals surface area contributed by atoms with Crippen LogP contribution in [-0.4, -0.2) is 22.9 Å². The number of halogens is 1. The lowest BCUT2D eigenvalue weighted by molar-refractivity contribution is 0.0735. The highest BCUT2D eigenvalue weighted by atomic mass is 35.5. The Labute approximate surface area is 165 Å². The quantitative estimate of drug-likeness (QED) is 0.777. The Kier molecular flexibility index (Phi) is 5.49. The number of hydrogen-bond donors (Lipinski definition) is 2. The van der Waals surface area contributed by atoms with E-state index in [1.54, 1.807) is 0 Å². The highest BCUT2D eigenvalue weighted by Crippen LogP contribution is 2.50. The van der Waals surface area contributed by atoms with Crippen LogP contribution in [0.5, 0.6) is 5.75 Å². The summed E-state index contributed by atoms with van der Waals surface area (Å²) in [6.07, 6.45) is 3.70. The predicted molar refractivity (Wildman–Crippen MR) is 104 cm³/mol. The maximum Gasteiger partial charge on any atom is 0.129 e. The van der Waals surface area contributed by atoms with Gasteiger partial charge >= 0.3 is 0 Å². The number of hydrogen-bond acceptors (Lipinski definition) is 4. The molecular weight excluding hydrogens is 364 g/mol. The molecule has 4 rings (SSSR count). The van der Waals surface area contributed by atoms with Crippen molar-refractivity contribution in [3.63, 3.8) is 0 Å². The third-order valence-corrected chi connectivity index (χ3v) is 6.87. The van der Waals surface area contributed by atoms with Crippen molar-refractivity contribution in [3.05, 3.63) is 52.4 Å². The van der Waals surface area contributed by atoms with Crippen molar-refractivity contribution in [1.82, 2.24) is 0 Å². The van der Waals surface area contributed by atoms with E-state index in [-0.39, 0.29) is 18.6 Å². The summed E-state index contributed by atoms with van der Waals surface area (Å²) in [5.41, 5.74) is 1.00. The van der Waals surface area contributed by atoms with Crippen LogP contribution in [0, 0.1) is 24.7 Å². The molecule has 1 heterocycles. The zero-order chi connectivity index (χ0) is 19.0. The van der Waals surface area contributed by atoms with Gasteiger partial charge in [0, 0.05) is 16.9 Å². The molecule has 0 bridgehead atoms. The van der Waals surface area contributed by atoms with E-state index in [0.29, 0.717) is 30.1 Å². The number of aryl methyl sites for hydroxylation is 1. The lowest BCUT2D eigenvalue weighted by atomic mass is 9.73. The van der Waals surface area contributed by atoms with Crippen LogP contribution in [0.25, 0.3) is 0 Å². The summed E-state index contributed by atoms with van der Waals surface area (Å²) in [4.78, 5) is 0. The standard InChI is InChI=1S/C22H27ClO4/c1-13-8-16(3-6-20(13)23)26-12-19-18-5-2-14(9-15(18)10-21(19)25)22-7-4-17(11-24)27-22/h3-4,6-8,14-15,18-19,21,24-25H,2,5,9-12H2,1H3/t14-,15-,18-,19+,21+/m0/s1. The highest BCUT2D eigenvalue weighted by Gasteiger charge is 2.46. The summed E-state index contributed by atoms with van der Waals surface area (Å²) in [5.74, 6) is 3.98. The summed E-state index contributed by atoms with van der Waals surface area (Å²) in [6, 6.07) is 9.55. The molecule has 4 nitrogen and oxygen atoms in total. The Bertz CT molecular complexity index is 786. The van der Waals surface area contributed by atoms with Gasteiger partial charge in [0.05, 0.1) is 12.7 Å². The molecule has 0 saturated heterocycles. The van der Waals surface area contributed by atoms with Crippen LogP contribution in [0.2, 0.25) is 5.02 Å². The number of aliphatic hydroxyl groups is 2. The van der Waals surface area contributed by atoms with Crippen molar-refractivity contribution in [1.29, 1.82) is 0 Å². The molecule has 2 aromatic rings. The van der Waals surface area contributed by atoms with E-state index < -0.39 is 0 Å². The summed E-state index contributed by atoms with van der Waals surface area (Å²) in [6.45, 7) is 2.46. The average molecular weight is 391 g/mol. The minimum atomic E-state index is -0.309. The van der Waals surface area contributed by atoms with Crippen molar-refractivity contribution >= 4 is 11.6 Å². The molecule has 2 fully saturated rings. The fourth-order valence-electron chi connectivity index (χ4n) is 4.98. The van der Waals surface area contributed by atoms with Crippen LogP contribution < -0.4 is 4.74 Å². The maximum absolute atomic E-state index is 10.6. The predicted octanol–water partition coefficient (Wildman–Crippen LogP) is 4.69. The Morgan fingerprint density at radius 1 is 1.19 bits per heavy atom. The van der Waals surface area contributed by atoms with Crippen LogP contribution in [0.4, 0.5) is 0 Å². The first kappa shape index (κ1) is 18.9. The van der Waals surface area contributed by atoms with E-state index in [0.717, 1.165) is 47.8 Å². The van der Waals surface area contributed by atoms with E-state index in [2.05, 4.69) is 0 Å². The van der Waals surface area contributed by atoms with E-state index >= 15 is 0 Å². The van der Waals surface area contributed by atoms with Gasteiger partial charge in [-0.25, -0.2) is 0 Å². The average Bonchev–Trinajstić information content (AvgIpc) is 3.26. The Hall–Kier alpha value is -1.49. The van der Waals surface area contributed by atoms with Gasteiger partial charge in [0.2, 0.25) is 0 Å². The summed E-state index contributed by atoms with van der Waals surface area (Å²) >= 11 is 6.08. The Morgan fingerprint density at radius 3 is 2.78 bits per heavy atom. The van der Waals surface area contributed by atoms with Crippen molar-refractivity contribution in [2.24, 2.45) is 17.8 Å². The number of fused-ring (bicyclic) bond motifs is 1. The molecule has 0 amide bonds. The number of rotatable bonds is 5. The first-order valence-electron chi connectivity index (χ1n) is 9.81. The van der Waals surface area contributed by atoms with E-state index in [1.165, 1.54) is 0 Å². The lowest BCUT2D eigenvalue weighted by Gasteiger charge is -2.33. The molecule has 5 heteroatoms. The second kappa shape index (κ2) is 7.86. The van der Waals surface area contributed by atoms with Crippen LogP contribution in [0.3, 0.4) is 0 Å². The molecule has 2 N–H and O–H groups in total. The van der Waals surface area contributed by atoms with Crippen LogP contribution in [0.15, 0.2) is 34.7 Å². The highest BCUT2D eigenvalue weighted by molar-refractivity contribution is 6.31. The van der Waals surface area contributed by atoms with Crippen molar-refractivity contribution < 1.29 is 19.4 Å². The van der Waals surface area contributed by atoms with Gasteiger partial charge in [0.15, 0.2) is 0 Å². The molecule has 2 saturated carbocycles. The van der Waals surface area contributed by atoms with Gasteiger partial charge in [0.25, 0.3) is 0 Å². The Balaban J connectivity index is 1.38. The molecule has 0 unspecified atom stereocenters. The second-order valence-electron chi connectivity index (χ2n) is 8.09. The molecule has 1 aromatic carbocycles. The van der Waals surface area contributed by atoms with Crippen LogP contribution in [-0.2, 0) is 6.61 Å². The molecule has 27 heavy (non-hydrogen) atoms. The molecule has 5 atom stereocenters. The normalized spacial score (nSPS) is 30.3. The first-order chi connectivity index (χ1) is 13.0.